The zero-order chi connectivity index (χ0) is 16.8. The van der Waals surface area contributed by atoms with E-state index in [1.807, 2.05) is 0 Å². The Morgan fingerprint density at radius 2 is 1.48 bits per heavy atom. The van der Waals surface area contributed by atoms with Gasteiger partial charge in [-0.1, -0.05) is 29.8 Å². The first-order valence-corrected chi connectivity index (χ1v) is 6.69. The van der Waals surface area contributed by atoms with Crippen LogP contribution in [0.1, 0.15) is 20.7 Å². The molecule has 2 aromatic rings. The van der Waals surface area contributed by atoms with Gasteiger partial charge in [-0.2, -0.15) is 0 Å². The van der Waals surface area contributed by atoms with Crippen LogP contribution in [0.15, 0.2) is 42.5 Å². The van der Waals surface area contributed by atoms with Crippen LogP contribution in [0.4, 0.5) is 18.9 Å². The number of benzene rings is 2. The second-order valence-electron chi connectivity index (χ2n) is 4.63. The molecule has 2 amide bonds. The van der Waals surface area contributed by atoms with E-state index in [4.69, 9.17) is 11.6 Å². The van der Waals surface area contributed by atoms with Crippen molar-refractivity contribution in [3.8, 4) is 5.75 Å². The maximum atomic E-state index is 12.6. The number of alkyl halides is 3. The fourth-order valence-corrected chi connectivity index (χ4v) is 2.51. The molecule has 1 aliphatic heterocycles. The van der Waals surface area contributed by atoms with E-state index in [2.05, 4.69) is 4.74 Å². The molecule has 0 bridgehead atoms. The number of anilines is 1. The van der Waals surface area contributed by atoms with Gasteiger partial charge in [0.1, 0.15) is 0 Å². The lowest BCUT2D eigenvalue weighted by atomic mass is 10.1. The standard InChI is InChI=1S/C15H7ClF3NO3/c16-10-6-3-7-11(12(10)23-15(17,18)19)20-13(21)8-4-1-2-5-9(8)14(20)22/h1-7H. The average Bonchev–Trinajstić information content (AvgIpc) is 2.73. The summed E-state index contributed by atoms with van der Waals surface area (Å²) in [4.78, 5) is 25.3. The second kappa shape index (κ2) is 5.27. The van der Waals surface area contributed by atoms with Crippen LogP contribution in [-0.2, 0) is 0 Å². The van der Waals surface area contributed by atoms with Crippen molar-refractivity contribution in [3.05, 3.63) is 58.6 Å². The highest BCUT2D eigenvalue weighted by molar-refractivity contribution is 6.36. The molecule has 0 spiro atoms. The highest BCUT2D eigenvalue weighted by atomic mass is 35.5. The Labute approximate surface area is 133 Å². The predicted octanol–water partition coefficient (Wildman–Crippen LogP) is 4.04. The van der Waals surface area contributed by atoms with Crippen LogP contribution in [-0.4, -0.2) is 18.2 Å². The van der Waals surface area contributed by atoms with Crippen molar-refractivity contribution in [3.63, 3.8) is 0 Å². The summed E-state index contributed by atoms with van der Waals surface area (Å²) in [5.74, 6) is -2.27. The molecule has 118 valence electrons. The summed E-state index contributed by atoms with van der Waals surface area (Å²) < 4.78 is 41.6. The molecule has 0 fully saturated rings. The van der Waals surface area contributed by atoms with E-state index < -0.39 is 23.9 Å². The molecule has 2 aromatic carbocycles. The van der Waals surface area contributed by atoms with Gasteiger partial charge in [-0.05, 0) is 24.3 Å². The molecular formula is C15H7ClF3NO3. The number of carbonyl (C=O) groups excluding carboxylic acids is 2. The number of carbonyl (C=O) groups is 2. The molecule has 23 heavy (non-hydrogen) atoms. The Balaban J connectivity index is 2.12. The molecule has 1 aliphatic rings. The summed E-state index contributed by atoms with van der Waals surface area (Å²) >= 11 is 5.75. The molecule has 0 saturated heterocycles. The highest BCUT2D eigenvalue weighted by Crippen LogP contribution is 2.41. The molecule has 0 unspecified atom stereocenters. The summed E-state index contributed by atoms with van der Waals surface area (Å²) in [7, 11) is 0. The zero-order valence-electron chi connectivity index (χ0n) is 11.2. The second-order valence-corrected chi connectivity index (χ2v) is 5.03. The Bertz CT molecular complexity index is 785. The Morgan fingerprint density at radius 3 is 2.00 bits per heavy atom. The molecule has 1 heterocycles. The monoisotopic (exact) mass is 341 g/mol. The molecule has 0 aromatic heterocycles. The van der Waals surface area contributed by atoms with Gasteiger partial charge in [-0.25, -0.2) is 4.90 Å². The first kappa shape index (κ1) is 15.4. The van der Waals surface area contributed by atoms with Gasteiger partial charge in [-0.15, -0.1) is 13.2 Å². The molecule has 0 atom stereocenters. The normalized spacial score (nSPS) is 14.2. The maximum Gasteiger partial charge on any atom is 0.573 e. The van der Waals surface area contributed by atoms with Gasteiger partial charge >= 0.3 is 6.36 Å². The van der Waals surface area contributed by atoms with Crippen molar-refractivity contribution in [1.82, 2.24) is 0 Å². The van der Waals surface area contributed by atoms with Gasteiger partial charge in [-0.3, -0.25) is 9.59 Å². The first-order valence-electron chi connectivity index (χ1n) is 6.31. The highest BCUT2D eigenvalue weighted by Gasteiger charge is 2.40. The molecular weight excluding hydrogens is 335 g/mol. The minimum Gasteiger partial charge on any atom is -0.402 e. The van der Waals surface area contributed by atoms with Gasteiger partial charge in [0.05, 0.1) is 21.8 Å². The van der Waals surface area contributed by atoms with E-state index >= 15 is 0 Å². The van der Waals surface area contributed by atoms with Gasteiger partial charge < -0.3 is 4.74 Å². The molecule has 4 nitrogen and oxygen atoms in total. The fourth-order valence-electron chi connectivity index (χ4n) is 2.30. The van der Waals surface area contributed by atoms with Gasteiger partial charge in [0.25, 0.3) is 11.8 Å². The van der Waals surface area contributed by atoms with Crippen molar-refractivity contribution in [2.45, 2.75) is 6.36 Å². The summed E-state index contributed by atoms with van der Waals surface area (Å²) in [6.45, 7) is 0. The first-order chi connectivity index (χ1) is 10.8. The summed E-state index contributed by atoms with van der Waals surface area (Å²) in [5.41, 5.74) is -0.146. The summed E-state index contributed by atoms with van der Waals surface area (Å²) in [6, 6.07) is 9.61. The van der Waals surface area contributed by atoms with Crippen molar-refractivity contribution >= 4 is 29.1 Å². The minimum atomic E-state index is -5.02. The Morgan fingerprint density at radius 1 is 0.913 bits per heavy atom. The smallest absolute Gasteiger partial charge is 0.402 e. The third-order valence-electron chi connectivity index (χ3n) is 3.20. The zero-order valence-corrected chi connectivity index (χ0v) is 12.0. The lowest BCUT2D eigenvalue weighted by molar-refractivity contribution is -0.274. The maximum absolute atomic E-state index is 12.6. The third-order valence-corrected chi connectivity index (χ3v) is 3.50. The van der Waals surface area contributed by atoms with Gasteiger partial charge in [0.2, 0.25) is 0 Å². The van der Waals surface area contributed by atoms with Crippen molar-refractivity contribution in [1.29, 1.82) is 0 Å². The number of imide groups is 1. The third kappa shape index (κ3) is 2.63. The number of hydrogen-bond donors (Lipinski definition) is 0. The minimum absolute atomic E-state index is 0.107. The van der Waals surface area contributed by atoms with E-state index in [9.17, 15) is 22.8 Å². The van der Waals surface area contributed by atoms with E-state index in [0.29, 0.717) is 4.90 Å². The molecule has 0 aliphatic carbocycles. The lowest BCUT2D eigenvalue weighted by Gasteiger charge is -2.20. The quantitative estimate of drug-likeness (QED) is 0.774. The van der Waals surface area contributed by atoms with Crippen LogP contribution in [0.3, 0.4) is 0 Å². The average molecular weight is 342 g/mol. The van der Waals surface area contributed by atoms with Gasteiger partial charge in [0.15, 0.2) is 5.75 Å². The summed E-state index contributed by atoms with van der Waals surface area (Å²) in [5, 5.41) is -0.364. The predicted molar refractivity (Wildman–Crippen MR) is 75.7 cm³/mol. The van der Waals surface area contributed by atoms with E-state index in [-0.39, 0.29) is 21.8 Å². The molecule has 0 N–H and O–H groups in total. The lowest BCUT2D eigenvalue weighted by Crippen LogP contribution is -2.30. The number of halogens is 4. The number of rotatable bonds is 2. The van der Waals surface area contributed by atoms with Crippen LogP contribution in [0.2, 0.25) is 5.02 Å². The van der Waals surface area contributed by atoms with E-state index in [1.165, 1.54) is 24.3 Å². The summed E-state index contributed by atoms with van der Waals surface area (Å²) in [6.07, 6.45) is -5.02. The van der Waals surface area contributed by atoms with Crippen molar-refractivity contribution in [2.75, 3.05) is 4.90 Å². The largest absolute Gasteiger partial charge is 0.573 e. The van der Waals surface area contributed by atoms with Crippen LogP contribution < -0.4 is 9.64 Å². The van der Waals surface area contributed by atoms with Crippen LogP contribution in [0.25, 0.3) is 0 Å². The number of nitrogens with zero attached hydrogens (tertiary/aromatic N) is 1. The fraction of sp³-hybridized carbons (Fsp3) is 0.0667. The van der Waals surface area contributed by atoms with E-state index in [1.54, 1.807) is 12.1 Å². The number of para-hydroxylation sites is 1. The topological polar surface area (TPSA) is 46.6 Å². The van der Waals surface area contributed by atoms with Crippen LogP contribution in [0.5, 0.6) is 5.75 Å². The molecule has 0 saturated carbocycles. The van der Waals surface area contributed by atoms with Crippen molar-refractivity contribution in [2.24, 2.45) is 0 Å². The number of ether oxygens (including phenoxy) is 1. The molecule has 3 rings (SSSR count). The van der Waals surface area contributed by atoms with Gasteiger partial charge in [0, 0.05) is 0 Å². The van der Waals surface area contributed by atoms with Crippen LogP contribution >= 0.6 is 11.6 Å². The SMILES string of the molecule is O=C1c2ccccc2C(=O)N1c1cccc(Cl)c1OC(F)(F)F. The van der Waals surface area contributed by atoms with E-state index in [0.717, 1.165) is 6.07 Å². The Hall–Kier alpha value is -2.54. The molecule has 0 radical (unpaired) electrons. The molecule has 8 heteroatoms. The number of hydrogen-bond acceptors (Lipinski definition) is 3. The Kier molecular flexibility index (Phi) is 3.52. The van der Waals surface area contributed by atoms with Crippen LogP contribution in [0, 0.1) is 0 Å². The number of fused-ring (bicyclic) bond motifs is 1. The number of amides is 2. The van der Waals surface area contributed by atoms with Crippen molar-refractivity contribution < 1.29 is 27.5 Å².